The predicted molar refractivity (Wildman–Crippen MR) is 133 cm³/mol. The molecule has 1 saturated carbocycles. The summed E-state index contributed by atoms with van der Waals surface area (Å²) >= 11 is 0. The van der Waals surface area contributed by atoms with Gasteiger partial charge in [-0.1, -0.05) is 17.3 Å². The van der Waals surface area contributed by atoms with Crippen LogP contribution in [0.15, 0.2) is 34.9 Å². The Kier molecular flexibility index (Phi) is 6.46. The van der Waals surface area contributed by atoms with E-state index in [2.05, 4.69) is 20.0 Å². The molecule has 3 aliphatic rings. The molecule has 2 aromatic heterocycles. The zero-order valence-electron chi connectivity index (χ0n) is 21.0. The molecule has 2 bridgehead atoms. The van der Waals surface area contributed by atoms with Gasteiger partial charge in [0.1, 0.15) is 22.9 Å². The van der Waals surface area contributed by atoms with E-state index in [4.69, 9.17) is 19.7 Å². The largest absolute Gasteiger partial charge is 0.434 e. The number of hydrogen-bond donors (Lipinski definition) is 1. The first-order valence-electron chi connectivity index (χ1n) is 13.0. The molecule has 1 amide bonds. The number of benzene rings is 1. The van der Waals surface area contributed by atoms with Gasteiger partial charge < -0.3 is 24.6 Å². The molecule has 2 atom stereocenters. The van der Waals surface area contributed by atoms with Crippen molar-refractivity contribution in [3.63, 3.8) is 0 Å². The average Bonchev–Trinajstić information content (AvgIpc) is 3.58. The van der Waals surface area contributed by atoms with Gasteiger partial charge in [0.05, 0.1) is 12.7 Å². The summed E-state index contributed by atoms with van der Waals surface area (Å²) in [7, 11) is 0. The van der Waals surface area contributed by atoms with Crippen molar-refractivity contribution in [1.82, 2.24) is 15.1 Å². The summed E-state index contributed by atoms with van der Waals surface area (Å²) in [6.45, 7) is -0.846. The second-order valence-electron chi connectivity index (χ2n) is 10.3. The molecular weight excluding hydrogens is 496 g/mol. The minimum absolute atomic E-state index is 0.00784. The zero-order chi connectivity index (χ0) is 26.4. The third-order valence-corrected chi connectivity index (χ3v) is 7.60. The van der Waals surface area contributed by atoms with Crippen molar-refractivity contribution in [2.45, 2.75) is 82.8 Å². The normalized spacial score (nSPS) is 22.7. The number of rotatable bonds is 9. The van der Waals surface area contributed by atoms with Crippen LogP contribution in [-0.2, 0) is 11.3 Å². The number of para-hydroxylation sites is 1. The van der Waals surface area contributed by atoms with Gasteiger partial charge in [-0.2, -0.15) is 8.78 Å². The number of carbonyl (C=O) groups is 1. The molecule has 6 rings (SSSR count). The number of alkyl halides is 2. The van der Waals surface area contributed by atoms with Crippen LogP contribution in [0, 0.1) is 6.92 Å². The summed E-state index contributed by atoms with van der Waals surface area (Å²) < 4.78 is 43.0. The summed E-state index contributed by atoms with van der Waals surface area (Å²) in [5, 5.41) is 4.26. The molecule has 3 fully saturated rings. The Morgan fingerprint density at radius 1 is 1.16 bits per heavy atom. The van der Waals surface area contributed by atoms with Gasteiger partial charge >= 0.3 is 6.61 Å². The van der Waals surface area contributed by atoms with Crippen molar-refractivity contribution >= 4 is 11.9 Å². The minimum Gasteiger partial charge on any atom is -0.434 e. The van der Waals surface area contributed by atoms with Crippen LogP contribution in [-0.4, -0.2) is 45.8 Å². The number of nitrogens with two attached hydrogens (primary N) is 1. The number of anilines is 1. The number of aryl methyl sites for hydroxylation is 1. The Morgan fingerprint density at radius 3 is 2.58 bits per heavy atom. The Balaban J connectivity index is 1.21. The van der Waals surface area contributed by atoms with Gasteiger partial charge in [-0.25, -0.2) is 9.97 Å². The van der Waals surface area contributed by atoms with Crippen LogP contribution in [0.3, 0.4) is 0 Å². The molecule has 2 aliphatic heterocycles. The second kappa shape index (κ2) is 9.94. The van der Waals surface area contributed by atoms with Crippen molar-refractivity contribution < 1.29 is 27.6 Å². The van der Waals surface area contributed by atoms with Gasteiger partial charge in [-0.3, -0.25) is 4.79 Å². The smallest absolute Gasteiger partial charge is 0.387 e. The Morgan fingerprint density at radius 2 is 1.89 bits per heavy atom. The molecule has 1 aliphatic carbocycles. The molecule has 2 unspecified atom stereocenters. The maximum atomic E-state index is 13.0. The Labute approximate surface area is 218 Å². The van der Waals surface area contributed by atoms with E-state index in [9.17, 15) is 13.6 Å². The van der Waals surface area contributed by atoms with Crippen molar-refractivity contribution in [1.29, 1.82) is 0 Å². The van der Waals surface area contributed by atoms with E-state index in [0.717, 1.165) is 49.8 Å². The third-order valence-electron chi connectivity index (χ3n) is 7.60. The first kappa shape index (κ1) is 24.7. The van der Waals surface area contributed by atoms with Crippen LogP contribution >= 0.6 is 0 Å². The molecule has 4 heterocycles. The lowest BCUT2D eigenvalue weighted by Gasteiger charge is -2.39. The lowest BCUT2D eigenvalue weighted by molar-refractivity contribution is -0.0494. The predicted octanol–water partition coefficient (Wildman–Crippen LogP) is 4.73. The lowest BCUT2D eigenvalue weighted by Crippen LogP contribution is -2.46. The number of hydrogen-bond acceptors (Lipinski definition) is 8. The molecular formula is C27H29F2N5O4. The van der Waals surface area contributed by atoms with Crippen molar-refractivity contribution in [3.8, 4) is 17.0 Å². The maximum Gasteiger partial charge on any atom is 0.387 e. The first-order valence-corrected chi connectivity index (χ1v) is 13.0. The maximum absolute atomic E-state index is 13.0. The minimum atomic E-state index is -2.94. The molecule has 0 spiro atoms. The summed E-state index contributed by atoms with van der Waals surface area (Å²) in [6, 6.07) is 8.58. The number of nitrogens with zero attached hydrogens (tertiary/aromatic N) is 4. The van der Waals surface area contributed by atoms with E-state index in [-0.39, 0.29) is 42.2 Å². The van der Waals surface area contributed by atoms with Crippen LogP contribution in [0.25, 0.3) is 11.3 Å². The average molecular weight is 526 g/mol. The number of fused-ring (bicyclic) bond motifs is 2. The van der Waals surface area contributed by atoms with Gasteiger partial charge in [-0.05, 0) is 63.6 Å². The number of carbonyl (C=O) groups excluding carboxylic acids is 1. The molecule has 3 aromatic rings. The molecule has 0 radical (unpaired) electrons. The van der Waals surface area contributed by atoms with Crippen LogP contribution < -0.4 is 15.4 Å². The summed E-state index contributed by atoms with van der Waals surface area (Å²) in [6.07, 6.45) is 5.53. The molecule has 11 heteroatoms. The van der Waals surface area contributed by atoms with Crippen molar-refractivity contribution in [2.75, 3.05) is 4.90 Å². The zero-order valence-corrected chi connectivity index (χ0v) is 21.0. The van der Waals surface area contributed by atoms with E-state index < -0.39 is 12.5 Å². The highest BCUT2D eigenvalue weighted by atomic mass is 19.3. The number of amides is 1. The monoisotopic (exact) mass is 525 g/mol. The molecule has 9 nitrogen and oxygen atoms in total. The lowest BCUT2D eigenvalue weighted by atomic mass is 9.99. The summed E-state index contributed by atoms with van der Waals surface area (Å²) in [5.41, 5.74) is 8.12. The van der Waals surface area contributed by atoms with Crippen LogP contribution in [0.2, 0.25) is 0 Å². The van der Waals surface area contributed by atoms with E-state index >= 15 is 0 Å². The fraction of sp³-hybridized carbons (Fsp3) is 0.481. The highest BCUT2D eigenvalue weighted by Gasteiger charge is 2.43. The van der Waals surface area contributed by atoms with Crippen LogP contribution in [0.1, 0.15) is 71.9 Å². The van der Waals surface area contributed by atoms with Gasteiger partial charge in [0, 0.05) is 34.8 Å². The Hall–Kier alpha value is -3.60. The van der Waals surface area contributed by atoms with E-state index in [0.29, 0.717) is 22.9 Å². The van der Waals surface area contributed by atoms with Gasteiger partial charge in [0.25, 0.3) is 5.91 Å². The fourth-order valence-corrected chi connectivity index (χ4v) is 5.79. The highest BCUT2D eigenvalue weighted by molar-refractivity contribution is 5.91. The van der Waals surface area contributed by atoms with E-state index in [1.165, 1.54) is 6.07 Å². The summed E-state index contributed by atoms with van der Waals surface area (Å²) in [4.78, 5) is 23.0. The first-order chi connectivity index (χ1) is 18.4. The third kappa shape index (κ3) is 4.82. The topological polar surface area (TPSA) is 117 Å². The quantitative estimate of drug-likeness (QED) is 0.426. The molecule has 38 heavy (non-hydrogen) atoms. The van der Waals surface area contributed by atoms with Crippen LogP contribution in [0.5, 0.6) is 5.75 Å². The molecule has 200 valence electrons. The second-order valence-corrected chi connectivity index (χ2v) is 10.3. The SMILES string of the molecule is Cc1cc(C(N)=O)nc(N2C3CCC2CC(OCc2c(-c4ccccc4OC(F)F)noc2C2CC2)C3)n1. The molecule has 2 saturated heterocycles. The van der Waals surface area contributed by atoms with Crippen molar-refractivity contribution in [2.24, 2.45) is 5.73 Å². The molecule has 2 N–H and O–H groups in total. The molecule has 1 aromatic carbocycles. The highest BCUT2D eigenvalue weighted by Crippen LogP contribution is 2.46. The van der Waals surface area contributed by atoms with Gasteiger partial charge in [0.15, 0.2) is 0 Å². The number of piperidine rings is 1. The fourth-order valence-electron chi connectivity index (χ4n) is 5.79. The van der Waals surface area contributed by atoms with Gasteiger partial charge in [0.2, 0.25) is 5.95 Å². The summed E-state index contributed by atoms with van der Waals surface area (Å²) in [5.74, 6) is 1.06. The standard InChI is InChI=1S/C27H29F2N5O4/c1-14-10-21(25(30)35)32-27(31-14)34-16-8-9-17(34)12-18(11-16)36-13-20-23(33-38-24(20)15-6-7-15)19-4-2-3-5-22(19)37-26(28)29/h2-5,10,15-18,26H,6-9,11-13H2,1H3,(H2,30,35). The number of aromatic nitrogens is 3. The van der Waals surface area contributed by atoms with Gasteiger partial charge in [-0.15, -0.1) is 0 Å². The number of halogens is 2. The van der Waals surface area contributed by atoms with E-state index in [1.807, 2.05) is 6.92 Å². The Bertz CT molecular complexity index is 1330. The number of ether oxygens (including phenoxy) is 2. The van der Waals surface area contributed by atoms with Crippen LogP contribution in [0.4, 0.5) is 14.7 Å². The van der Waals surface area contributed by atoms with Crippen molar-refractivity contribution in [3.05, 3.63) is 53.0 Å². The number of primary amides is 1. The van der Waals surface area contributed by atoms with E-state index in [1.54, 1.807) is 24.3 Å².